The van der Waals surface area contributed by atoms with Crippen LogP contribution in [0.5, 0.6) is 5.75 Å². The molecule has 0 radical (unpaired) electrons. The van der Waals surface area contributed by atoms with E-state index in [0.29, 0.717) is 15.4 Å². The van der Waals surface area contributed by atoms with Gasteiger partial charge in [0.05, 0.1) is 27.4 Å². The molecule has 0 atom stereocenters. The summed E-state index contributed by atoms with van der Waals surface area (Å²) in [6.45, 7) is 0. The highest BCUT2D eigenvalue weighted by Crippen LogP contribution is 2.28. The van der Waals surface area contributed by atoms with Gasteiger partial charge < -0.3 is 5.11 Å². The van der Waals surface area contributed by atoms with Crippen molar-refractivity contribution in [3.8, 4) is 11.4 Å². The number of alkyl halides is 1. The van der Waals surface area contributed by atoms with Crippen LogP contribution in [0, 0.1) is 10.1 Å². The van der Waals surface area contributed by atoms with Crippen LogP contribution < -0.4 is 5.56 Å². The third-order valence-corrected chi connectivity index (χ3v) is 4.17. The van der Waals surface area contributed by atoms with Gasteiger partial charge in [0.1, 0.15) is 5.82 Å². The third-order valence-electron chi connectivity index (χ3n) is 3.43. The monoisotopic (exact) mass is 409 g/mol. The normalized spacial score (nSPS) is 10.9. The Morgan fingerprint density at radius 3 is 2.71 bits per heavy atom. The summed E-state index contributed by atoms with van der Waals surface area (Å²) in [4.78, 5) is 27.5. The summed E-state index contributed by atoms with van der Waals surface area (Å²) < 4.78 is 1.91. The van der Waals surface area contributed by atoms with Gasteiger partial charge in [-0.25, -0.2) is 4.98 Å². The van der Waals surface area contributed by atoms with Crippen LogP contribution in [0.25, 0.3) is 16.6 Å². The van der Waals surface area contributed by atoms with Gasteiger partial charge >= 0.3 is 5.69 Å². The average Bonchev–Trinajstić information content (AvgIpc) is 2.55. The van der Waals surface area contributed by atoms with Crippen molar-refractivity contribution in [2.24, 2.45) is 0 Å². The van der Waals surface area contributed by atoms with E-state index in [9.17, 15) is 20.0 Å². The average molecular weight is 411 g/mol. The first-order chi connectivity index (χ1) is 11.4. The zero-order chi connectivity index (χ0) is 17.4. The molecule has 1 aromatic heterocycles. The van der Waals surface area contributed by atoms with E-state index < -0.39 is 21.9 Å². The molecule has 0 unspecified atom stereocenters. The molecule has 0 saturated carbocycles. The first-order valence-electron chi connectivity index (χ1n) is 6.67. The van der Waals surface area contributed by atoms with Crippen molar-refractivity contribution in [3.63, 3.8) is 0 Å². The van der Waals surface area contributed by atoms with Gasteiger partial charge in [0.25, 0.3) is 5.56 Å². The number of benzene rings is 2. The van der Waals surface area contributed by atoms with Crippen LogP contribution in [-0.4, -0.2) is 19.6 Å². The fraction of sp³-hybridized carbons (Fsp3) is 0.0667. The Morgan fingerprint density at radius 2 is 2.04 bits per heavy atom. The number of phenolic OH excluding ortho intramolecular Hbond substituents is 1. The van der Waals surface area contributed by atoms with Crippen LogP contribution in [0.4, 0.5) is 5.69 Å². The molecule has 0 aliphatic rings. The minimum Gasteiger partial charge on any atom is -0.502 e. The lowest BCUT2D eigenvalue weighted by Gasteiger charge is -2.12. The second-order valence-electron chi connectivity index (χ2n) is 4.89. The van der Waals surface area contributed by atoms with Gasteiger partial charge in [-0.1, -0.05) is 15.9 Å². The Labute approximate surface area is 148 Å². The minimum atomic E-state index is -0.727. The molecule has 3 rings (SSSR count). The van der Waals surface area contributed by atoms with Crippen molar-refractivity contribution in [1.82, 2.24) is 9.55 Å². The summed E-state index contributed by atoms with van der Waals surface area (Å²) in [7, 11) is 0. The molecule has 3 aromatic rings. The number of phenols is 1. The van der Waals surface area contributed by atoms with Crippen molar-refractivity contribution in [2.75, 3.05) is 0 Å². The number of rotatable bonds is 3. The van der Waals surface area contributed by atoms with Crippen molar-refractivity contribution in [3.05, 3.63) is 67.2 Å². The molecule has 0 aliphatic heterocycles. The van der Waals surface area contributed by atoms with E-state index in [2.05, 4.69) is 20.9 Å². The summed E-state index contributed by atoms with van der Waals surface area (Å²) >= 11 is 9.20. The number of nitro groups is 1. The van der Waals surface area contributed by atoms with E-state index in [-0.39, 0.29) is 17.4 Å². The summed E-state index contributed by atoms with van der Waals surface area (Å²) in [5, 5.41) is 20.9. The van der Waals surface area contributed by atoms with Gasteiger partial charge in [0.15, 0.2) is 5.75 Å². The molecule has 7 nitrogen and oxygen atoms in total. The molecule has 122 valence electrons. The SMILES string of the molecule is O=c1c2cc(Br)ccc2nc(CCl)n1-c1ccc(O)c([N+](=O)[O-])c1. The van der Waals surface area contributed by atoms with E-state index in [4.69, 9.17) is 11.6 Å². The second-order valence-corrected chi connectivity index (χ2v) is 6.08. The third kappa shape index (κ3) is 2.74. The number of hydrogen-bond donors (Lipinski definition) is 1. The molecule has 0 fully saturated rings. The molecule has 1 heterocycles. The number of fused-ring (bicyclic) bond motifs is 1. The van der Waals surface area contributed by atoms with E-state index in [1.165, 1.54) is 10.6 Å². The summed E-state index contributed by atoms with van der Waals surface area (Å²) in [6.07, 6.45) is 0. The Hall–Kier alpha value is -2.45. The van der Waals surface area contributed by atoms with Gasteiger partial charge in [0, 0.05) is 10.5 Å². The van der Waals surface area contributed by atoms with Gasteiger partial charge in [0.2, 0.25) is 0 Å². The second kappa shape index (κ2) is 6.21. The predicted octanol–water partition coefficient (Wildman–Crippen LogP) is 3.50. The van der Waals surface area contributed by atoms with E-state index in [1.807, 2.05) is 0 Å². The van der Waals surface area contributed by atoms with Crippen LogP contribution in [0.3, 0.4) is 0 Å². The van der Waals surface area contributed by atoms with Crippen LogP contribution in [0.2, 0.25) is 0 Å². The standard InChI is InChI=1S/C15H9BrClN3O4/c16-8-1-3-11-10(5-8)15(22)19(14(7-17)18-11)9-2-4-13(21)12(6-9)20(23)24/h1-6,21H,7H2. The molecule has 0 saturated heterocycles. The smallest absolute Gasteiger partial charge is 0.312 e. The largest absolute Gasteiger partial charge is 0.502 e. The molecule has 0 aliphatic carbocycles. The Balaban J connectivity index is 2.37. The van der Waals surface area contributed by atoms with Gasteiger partial charge in [-0.2, -0.15) is 0 Å². The maximum absolute atomic E-state index is 12.8. The summed E-state index contributed by atoms with van der Waals surface area (Å²) in [6, 6.07) is 8.71. The first kappa shape index (κ1) is 16.4. The zero-order valence-electron chi connectivity index (χ0n) is 11.9. The lowest BCUT2D eigenvalue weighted by atomic mass is 10.2. The number of aromatic hydroxyl groups is 1. The van der Waals surface area contributed by atoms with Crippen molar-refractivity contribution in [1.29, 1.82) is 0 Å². The van der Waals surface area contributed by atoms with E-state index in [1.54, 1.807) is 18.2 Å². The number of nitrogens with zero attached hydrogens (tertiary/aromatic N) is 3. The topological polar surface area (TPSA) is 98.3 Å². The minimum absolute atomic E-state index is 0.0596. The Bertz CT molecular complexity index is 1040. The Kier molecular flexibility index (Phi) is 4.25. The van der Waals surface area contributed by atoms with Gasteiger partial charge in [-0.15, -0.1) is 11.6 Å². The number of nitro benzene ring substituents is 1. The van der Waals surface area contributed by atoms with Gasteiger partial charge in [-0.05, 0) is 30.3 Å². The lowest BCUT2D eigenvalue weighted by Crippen LogP contribution is -2.23. The summed E-state index contributed by atoms with van der Waals surface area (Å²) in [5.41, 5.74) is -0.232. The van der Waals surface area contributed by atoms with Crippen molar-refractivity contribution >= 4 is 44.1 Å². The maximum atomic E-state index is 12.8. The fourth-order valence-corrected chi connectivity index (χ4v) is 2.90. The quantitative estimate of drug-likeness (QED) is 0.405. The Morgan fingerprint density at radius 1 is 1.29 bits per heavy atom. The summed E-state index contributed by atoms with van der Waals surface area (Å²) in [5.74, 6) is -0.298. The fourth-order valence-electron chi connectivity index (χ4n) is 2.36. The molecule has 9 heteroatoms. The molecule has 0 spiro atoms. The van der Waals surface area contributed by atoms with Crippen LogP contribution in [0.15, 0.2) is 45.7 Å². The molecule has 0 amide bonds. The van der Waals surface area contributed by atoms with Crippen LogP contribution in [-0.2, 0) is 5.88 Å². The zero-order valence-corrected chi connectivity index (χ0v) is 14.3. The van der Waals surface area contributed by atoms with Crippen molar-refractivity contribution in [2.45, 2.75) is 5.88 Å². The molecule has 1 N–H and O–H groups in total. The highest BCUT2D eigenvalue weighted by Gasteiger charge is 2.18. The van der Waals surface area contributed by atoms with Crippen molar-refractivity contribution < 1.29 is 10.0 Å². The van der Waals surface area contributed by atoms with Crippen LogP contribution >= 0.6 is 27.5 Å². The molecular weight excluding hydrogens is 402 g/mol. The lowest BCUT2D eigenvalue weighted by molar-refractivity contribution is -0.385. The van der Waals surface area contributed by atoms with E-state index >= 15 is 0 Å². The highest BCUT2D eigenvalue weighted by atomic mass is 79.9. The van der Waals surface area contributed by atoms with E-state index in [0.717, 1.165) is 12.1 Å². The number of aromatic nitrogens is 2. The predicted molar refractivity (Wildman–Crippen MR) is 92.9 cm³/mol. The number of hydrogen-bond acceptors (Lipinski definition) is 5. The molecular formula is C15H9BrClN3O4. The van der Waals surface area contributed by atoms with Gasteiger partial charge in [-0.3, -0.25) is 19.5 Å². The van der Waals surface area contributed by atoms with Crippen LogP contribution in [0.1, 0.15) is 5.82 Å². The molecule has 0 bridgehead atoms. The first-order valence-corrected chi connectivity index (χ1v) is 8.00. The maximum Gasteiger partial charge on any atom is 0.312 e. The number of halogens is 2. The molecule has 24 heavy (non-hydrogen) atoms. The highest BCUT2D eigenvalue weighted by molar-refractivity contribution is 9.10. The molecule has 2 aromatic carbocycles.